The van der Waals surface area contributed by atoms with Gasteiger partial charge >= 0.3 is 0 Å². The van der Waals surface area contributed by atoms with Crippen molar-refractivity contribution in [3.8, 4) is 5.88 Å². The van der Waals surface area contributed by atoms with Gasteiger partial charge in [-0.15, -0.1) is 0 Å². The molecule has 0 unspecified atom stereocenters. The molecular formula is C9H13N3O2. The summed E-state index contributed by atoms with van der Waals surface area (Å²) in [5, 5.41) is 0. The minimum absolute atomic E-state index is 0.136. The van der Waals surface area contributed by atoms with Crippen molar-refractivity contribution in [2.75, 3.05) is 20.7 Å². The topological polar surface area (TPSA) is 55.3 Å². The lowest BCUT2D eigenvalue weighted by molar-refractivity contribution is 0.0796. The lowest BCUT2D eigenvalue weighted by Crippen LogP contribution is -2.27. The first kappa shape index (κ1) is 10.4. The second kappa shape index (κ2) is 4.55. The molecule has 0 aliphatic rings. The van der Waals surface area contributed by atoms with E-state index in [0.29, 0.717) is 18.1 Å². The Morgan fingerprint density at radius 2 is 2.21 bits per heavy atom. The first-order chi connectivity index (χ1) is 6.69. The molecular weight excluding hydrogens is 182 g/mol. The van der Waals surface area contributed by atoms with E-state index in [1.54, 1.807) is 11.9 Å². The van der Waals surface area contributed by atoms with Gasteiger partial charge in [0.25, 0.3) is 5.91 Å². The van der Waals surface area contributed by atoms with Crippen LogP contribution in [-0.4, -0.2) is 41.5 Å². The zero-order chi connectivity index (χ0) is 10.6. The van der Waals surface area contributed by atoms with E-state index in [-0.39, 0.29) is 5.91 Å². The van der Waals surface area contributed by atoms with Crippen LogP contribution in [0.2, 0.25) is 0 Å². The third-order valence-electron chi connectivity index (χ3n) is 1.88. The standard InChI is InChI=1S/C9H13N3O2/c1-4-12(2)9(13)7-5-11-8(14-3)6-10-7/h5-6H,4H2,1-3H3. The van der Waals surface area contributed by atoms with Crippen LogP contribution < -0.4 is 4.74 Å². The Bertz CT molecular complexity index is 310. The number of carbonyl (C=O) groups is 1. The number of ether oxygens (including phenoxy) is 1. The predicted octanol–water partition coefficient (Wildman–Crippen LogP) is 0.577. The summed E-state index contributed by atoms with van der Waals surface area (Å²) >= 11 is 0. The summed E-state index contributed by atoms with van der Waals surface area (Å²) in [6.07, 6.45) is 2.84. The van der Waals surface area contributed by atoms with Crippen molar-refractivity contribution in [1.82, 2.24) is 14.9 Å². The second-order valence-electron chi connectivity index (χ2n) is 2.76. The monoisotopic (exact) mass is 195 g/mol. The average Bonchev–Trinajstić information content (AvgIpc) is 2.27. The van der Waals surface area contributed by atoms with E-state index < -0.39 is 0 Å². The van der Waals surface area contributed by atoms with Crippen molar-refractivity contribution >= 4 is 5.91 Å². The number of nitrogens with zero attached hydrogens (tertiary/aromatic N) is 3. The van der Waals surface area contributed by atoms with E-state index in [2.05, 4.69) is 9.97 Å². The second-order valence-corrected chi connectivity index (χ2v) is 2.76. The van der Waals surface area contributed by atoms with Gasteiger partial charge in [-0.05, 0) is 6.92 Å². The van der Waals surface area contributed by atoms with Crippen molar-refractivity contribution in [3.05, 3.63) is 18.1 Å². The fourth-order valence-corrected chi connectivity index (χ4v) is 0.871. The number of methoxy groups -OCH3 is 1. The van der Waals surface area contributed by atoms with Gasteiger partial charge in [0.2, 0.25) is 5.88 Å². The summed E-state index contributed by atoms with van der Waals surface area (Å²) in [4.78, 5) is 21.0. The third kappa shape index (κ3) is 2.18. The Hall–Kier alpha value is -1.65. The predicted molar refractivity (Wildman–Crippen MR) is 51.2 cm³/mol. The molecule has 5 heteroatoms. The van der Waals surface area contributed by atoms with E-state index in [0.717, 1.165) is 0 Å². The molecule has 0 fully saturated rings. The van der Waals surface area contributed by atoms with Gasteiger partial charge in [-0.25, -0.2) is 9.97 Å². The molecule has 1 aromatic rings. The van der Waals surface area contributed by atoms with Crippen molar-refractivity contribution in [3.63, 3.8) is 0 Å². The summed E-state index contributed by atoms with van der Waals surface area (Å²) in [6.45, 7) is 2.54. The molecule has 0 aliphatic carbocycles. The smallest absolute Gasteiger partial charge is 0.273 e. The van der Waals surface area contributed by atoms with E-state index in [1.807, 2.05) is 6.92 Å². The summed E-state index contributed by atoms with van der Waals surface area (Å²) in [5.74, 6) is 0.267. The van der Waals surface area contributed by atoms with Crippen LogP contribution >= 0.6 is 0 Å². The minimum Gasteiger partial charge on any atom is -0.480 e. The maximum atomic E-state index is 11.6. The molecule has 5 nitrogen and oxygen atoms in total. The third-order valence-corrected chi connectivity index (χ3v) is 1.88. The molecule has 0 aliphatic heterocycles. The Labute approximate surface area is 82.7 Å². The van der Waals surface area contributed by atoms with E-state index >= 15 is 0 Å². The highest BCUT2D eigenvalue weighted by Crippen LogP contribution is 2.04. The summed E-state index contributed by atoms with van der Waals surface area (Å²) in [5.41, 5.74) is 0.329. The normalized spacial score (nSPS) is 9.64. The highest BCUT2D eigenvalue weighted by atomic mass is 16.5. The molecule has 0 radical (unpaired) electrons. The number of aromatic nitrogens is 2. The van der Waals surface area contributed by atoms with Crippen molar-refractivity contribution in [1.29, 1.82) is 0 Å². The highest BCUT2D eigenvalue weighted by molar-refractivity contribution is 5.91. The van der Waals surface area contributed by atoms with Gasteiger partial charge in [-0.3, -0.25) is 4.79 Å². The largest absolute Gasteiger partial charge is 0.480 e. The van der Waals surface area contributed by atoms with Crippen LogP contribution in [0.15, 0.2) is 12.4 Å². The van der Waals surface area contributed by atoms with Gasteiger partial charge in [0.15, 0.2) is 0 Å². The zero-order valence-electron chi connectivity index (χ0n) is 8.52. The summed E-state index contributed by atoms with van der Waals surface area (Å²) in [6, 6.07) is 0. The Kier molecular flexibility index (Phi) is 3.39. The molecule has 0 N–H and O–H groups in total. The van der Waals surface area contributed by atoms with Crippen molar-refractivity contribution in [2.24, 2.45) is 0 Å². The van der Waals surface area contributed by atoms with E-state index in [9.17, 15) is 4.79 Å². The summed E-state index contributed by atoms with van der Waals surface area (Å²) < 4.78 is 4.84. The highest BCUT2D eigenvalue weighted by Gasteiger charge is 2.11. The van der Waals surface area contributed by atoms with Gasteiger partial charge in [-0.1, -0.05) is 0 Å². The van der Waals surface area contributed by atoms with Gasteiger partial charge in [0, 0.05) is 13.6 Å². The fraction of sp³-hybridized carbons (Fsp3) is 0.444. The maximum Gasteiger partial charge on any atom is 0.273 e. The van der Waals surface area contributed by atoms with E-state index in [4.69, 9.17) is 4.74 Å². The quantitative estimate of drug-likeness (QED) is 0.707. The molecule has 0 bridgehead atoms. The van der Waals surface area contributed by atoms with E-state index in [1.165, 1.54) is 19.5 Å². The van der Waals surface area contributed by atoms with Crippen LogP contribution in [0.4, 0.5) is 0 Å². The Balaban J connectivity index is 2.81. The molecule has 0 saturated heterocycles. The molecule has 0 aromatic carbocycles. The number of carbonyl (C=O) groups excluding carboxylic acids is 1. The molecule has 1 heterocycles. The Morgan fingerprint density at radius 1 is 1.50 bits per heavy atom. The molecule has 1 aromatic heterocycles. The molecule has 0 atom stereocenters. The Morgan fingerprint density at radius 3 is 2.64 bits per heavy atom. The minimum atomic E-state index is -0.136. The maximum absolute atomic E-state index is 11.6. The zero-order valence-corrected chi connectivity index (χ0v) is 8.52. The van der Waals surface area contributed by atoms with Gasteiger partial charge in [-0.2, -0.15) is 0 Å². The van der Waals surface area contributed by atoms with Crippen LogP contribution in [0.25, 0.3) is 0 Å². The fourth-order valence-electron chi connectivity index (χ4n) is 0.871. The number of rotatable bonds is 3. The van der Waals surface area contributed by atoms with Crippen LogP contribution in [0.5, 0.6) is 5.88 Å². The van der Waals surface area contributed by atoms with Crippen LogP contribution in [0.3, 0.4) is 0 Å². The van der Waals surface area contributed by atoms with Gasteiger partial charge in [0.1, 0.15) is 5.69 Å². The average molecular weight is 195 g/mol. The molecule has 76 valence electrons. The van der Waals surface area contributed by atoms with Crippen LogP contribution in [0, 0.1) is 0 Å². The lowest BCUT2D eigenvalue weighted by atomic mass is 10.4. The lowest BCUT2D eigenvalue weighted by Gasteiger charge is -2.13. The molecule has 0 saturated carbocycles. The number of hydrogen-bond donors (Lipinski definition) is 0. The van der Waals surface area contributed by atoms with Crippen LogP contribution in [0.1, 0.15) is 17.4 Å². The van der Waals surface area contributed by atoms with Gasteiger partial charge in [0.05, 0.1) is 19.5 Å². The molecule has 1 rings (SSSR count). The van der Waals surface area contributed by atoms with Gasteiger partial charge < -0.3 is 9.64 Å². The summed E-state index contributed by atoms with van der Waals surface area (Å²) in [7, 11) is 3.22. The first-order valence-corrected chi connectivity index (χ1v) is 4.30. The van der Waals surface area contributed by atoms with Crippen LogP contribution in [-0.2, 0) is 0 Å². The van der Waals surface area contributed by atoms with Crippen molar-refractivity contribution in [2.45, 2.75) is 6.92 Å². The molecule has 0 spiro atoms. The SMILES string of the molecule is CCN(C)C(=O)c1cnc(OC)cn1. The first-order valence-electron chi connectivity index (χ1n) is 4.30. The van der Waals surface area contributed by atoms with Crippen molar-refractivity contribution < 1.29 is 9.53 Å². The number of hydrogen-bond acceptors (Lipinski definition) is 4. The molecule has 1 amide bonds. The molecule has 14 heavy (non-hydrogen) atoms. The number of amides is 1.